The number of aromatic nitrogens is 2. The van der Waals surface area contributed by atoms with Crippen LogP contribution in [0.25, 0.3) is 10.2 Å². The predicted octanol–water partition coefficient (Wildman–Crippen LogP) is 4.22. The lowest BCUT2D eigenvalue weighted by atomic mass is 9.95. The Morgan fingerprint density at radius 2 is 1.93 bits per heavy atom. The van der Waals surface area contributed by atoms with Crippen molar-refractivity contribution in [2.24, 2.45) is 5.92 Å². The summed E-state index contributed by atoms with van der Waals surface area (Å²) in [6.45, 7) is 1.48. The van der Waals surface area contributed by atoms with Crippen LogP contribution in [-0.2, 0) is 4.79 Å². The predicted molar refractivity (Wildman–Crippen MR) is 116 cm³/mol. The number of methoxy groups -OCH3 is 2. The molecule has 0 saturated carbocycles. The zero-order chi connectivity index (χ0) is 20.4. The summed E-state index contributed by atoms with van der Waals surface area (Å²) in [6.07, 6.45) is 1.49. The third-order valence-corrected chi connectivity index (χ3v) is 6.14. The first-order valence-electron chi connectivity index (χ1n) is 9.27. The van der Waals surface area contributed by atoms with Crippen LogP contribution < -0.4 is 19.7 Å². The number of carbonyl (C=O) groups excluding carboxylic acids is 1. The number of anilines is 2. The van der Waals surface area contributed by atoms with Gasteiger partial charge >= 0.3 is 0 Å². The van der Waals surface area contributed by atoms with E-state index in [9.17, 15) is 4.79 Å². The first-order chi connectivity index (χ1) is 14.1. The average molecular weight is 433 g/mol. The molecule has 2 aromatic heterocycles. The number of amides is 1. The topological polar surface area (TPSA) is 76.6 Å². The minimum Gasteiger partial charge on any atom is -0.493 e. The third kappa shape index (κ3) is 4.09. The van der Waals surface area contributed by atoms with Gasteiger partial charge in [0.05, 0.1) is 24.4 Å². The number of halogens is 1. The second kappa shape index (κ2) is 8.42. The molecule has 0 unspecified atom stereocenters. The molecule has 1 aliphatic rings. The van der Waals surface area contributed by atoms with Crippen LogP contribution in [0.2, 0.25) is 5.28 Å². The zero-order valence-corrected chi connectivity index (χ0v) is 17.7. The van der Waals surface area contributed by atoms with E-state index in [0.717, 1.165) is 42.0 Å². The maximum absolute atomic E-state index is 12.7. The van der Waals surface area contributed by atoms with Gasteiger partial charge in [-0.15, -0.1) is 11.3 Å². The molecule has 4 rings (SSSR count). The Labute approximate surface area is 177 Å². The molecule has 7 nitrogen and oxygen atoms in total. The summed E-state index contributed by atoms with van der Waals surface area (Å²) in [6, 6.07) is 7.30. The lowest BCUT2D eigenvalue weighted by Gasteiger charge is -2.32. The number of nitrogens with zero attached hydrogens (tertiary/aromatic N) is 3. The van der Waals surface area contributed by atoms with Crippen LogP contribution in [0.15, 0.2) is 29.6 Å². The van der Waals surface area contributed by atoms with E-state index in [1.807, 2.05) is 17.5 Å². The number of rotatable bonds is 5. The summed E-state index contributed by atoms with van der Waals surface area (Å²) in [4.78, 5) is 23.6. The first kappa shape index (κ1) is 19.7. The summed E-state index contributed by atoms with van der Waals surface area (Å²) >= 11 is 7.69. The smallest absolute Gasteiger partial charge is 0.227 e. The van der Waals surface area contributed by atoms with Crippen LogP contribution in [0.4, 0.5) is 11.5 Å². The zero-order valence-electron chi connectivity index (χ0n) is 16.1. The fourth-order valence-electron chi connectivity index (χ4n) is 3.55. The molecule has 0 atom stereocenters. The van der Waals surface area contributed by atoms with Gasteiger partial charge in [0, 0.05) is 30.8 Å². The van der Waals surface area contributed by atoms with E-state index in [-0.39, 0.29) is 17.1 Å². The summed E-state index contributed by atoms with van der Waals surface area (Å²) in [5.41, 5.74) is 1.55. The van der Waals surface area contributed by atoms with Crippen LogP contribution >= 0.6 is 22.9 Å². The Hall–Kier alpha value is -2.58. The Balaban J connectivity index is 1.41. The minimum absolute atomic E-state index is 0.0128. The second-order valence-corrected chi connectivity index (χ2v) is 8.03. The lowest BCUT2D eigenvalue weighted by molar-refractivity contribution is -0.120. The van der Waals surface area contributed by atoms with Crippen molar-refractivity contribution in [2.45, 2.75) is 12.8 Å². The quantitative estimate of drug-likeness (QED) is 0.608. The number of carbonyl (C=O) groups is 1. The van der Waals surface area contributed by atoms with Gasteiger partial charge in [0.2, 0.25) is 11.2 Å². The molecule has 0 aliphatic carbocycles. The van der Waals surface area contributed by atoms with Crippen molar-refractivity contribution in [1.82, 2.24) is 9.97 Å². The van der Waals surface area contributed by atoms with Gasteiger partial charge in [-0.2, -0.15) is 4.98 Å². The maximum Gasteiger partial charge on any atom is 0.227 e. The summed E-state index contributed by atoms with van der Waals surface area (Å²) in [7, 11) is 3.15. The van der Waals surface area contributed by atoms with Crippen LogP contribution in [-0.4, -0.2) is 43.2 Å². The Morgan fingerprint density at radius 1 is 1.17 bits per heavy atom. The van der Waals surface area contributed by atoms with Crippen molar-refractivity contribution in [3.8, 4) is 11.5 Å². The molecule has 1 fully saturated rings. The molecular weight excluding hydrogens is 412 g/mol. The molecular formula is C20H21ClN4O3S. The molecule has 3 heterocycles. The van der Waals surface area contributed by atoms with Gasteiger partial charge in [-0.3, -0.25) is 4.79 Å². The van der Waals surface area contributed by atoms with Crippen molar-refractivity contribution < 1.29 is 14.3 Å². The van der Waals surface area contributed by atoms with Gasteiger partial charge in [0.1, 0.15) is 0 Å². The van der Waals surface area contributed by atoms with E-state index in [1.165, 1.54) is 0 Å². The fraction of sp³-hybridized carbons (Fsp3) is 0.350. The van der Waals surface area contributed by atoms with Gasteiger partial charge in [-0.05, 0) is 48.0 Å². The molecule has 1 N–H and O–H groups in total. The van der Waals surface area contributed by atoms with Crippen LogP contribution in [0.5, 0.6) is 11.5 Å². The van der Waals surface area contributed by atoms with E-state index in [4.69, 9.17) is 21.1 Å². The molecule has 1 saturated heterocycles. The SMILES string of the molecule is COc1ccc(NC(=O)C2CCN(c3nc(Cl)nc4ccsc34)CC2)cc1OC. The lowest BCUT2D eigenvalue weighted by Crippen LogP contribution is -2.38. The molecule has 3 aromatic rings. The number of hydrogen-bond donors (Lipinski definition) is 1. The monoisotopic (exact) mass is 432 g/mol. The number of benzene rings is 1. The number of nitrogens with one attached hydrogen (secondary N) is 1. The second-order valence-electron chi connectivity index (χ2n) is 6.77. The number of thiophene rings is 1. The van der Waals surface area contributed by atoms with E-state index >= 15 is 0 Å². The number of fused-ring (bicyclic) bond motifs is 1. The van der Waals surface area contributed by atoms with Gasteiger partial charge in [0.15, 0.2) is 17.3 Å². The van der Waals surface area contributed by atoms with Crippen molar-refractivity contribution in [3.63, 3.8) is 0 Å². The summed E-state index contributed by atoms with van der Waals surface area (Å²) in [5, 5.41) is 5.23. The Bertz CT molecular complexity index is 1030. The normalized spacial score (nSPS) is 14.8. The standard InChI is InChI=1S/C20H21ClN4O3S/c1-27-15-4-3-13(11-16(15)28-2)22-19(26)12-5-8-25(9-6-12)18-17-14(7-10-29-17)23-20(21)24-18/h3-4,7,10-12H,5-6,8-9H2,1-2H3,(H,22,26). The number of piperidine rings is 1. The van der Waals surface area contributed by atoms with E-state index < -0.39 is 0 Å². The van der Waals surface area contributed by atoms with Crippen molar-refractivity contribution in [1.29, 1.82) is 0 Å². The summed E-state index contributed by atoms with van der Waals surface area (Å²) in [5.74, 6) is 2.02. The molecule has 29 heavy (non-hydrogen) atoms. The van der Waals surface area contributed by atoms with Gasteiger partial charge in [-0.25, -0.2) is 4.98 Å². The molecule has 9 heteroatoms. The molecule has 0 spiro atoms. The highest BCUT2D eigenvalue weighted by Crippen LogP contribution is 2.33. The summed E-state index contributed by atoms with van der Waals surface area (Å²) < 4.78 is 11.6. The average Bonchev–Trinajstić information content (AvgIpc) is 3.21. The molecule has 1 aliphatic heterocycles. The molecule has 152 valence electrons. The van der Waals surface area contributed by atoms with E-state index in [0.29, 0.717) is 17.2 Å². The van der Waals surface area contributed by atoms with E-state index in [2.05, 4.69) is 20.2 Å². The largest absolute Gasteiger partial charge is 0.493 e. The van der Waals surface area contributed by atoms with Gasteiger partial charge in [0.25, 0.3) is 0 Å². The maximum atomic E-state index is 12.7. The van der Waals surface area contributed by atoms with Crippen LogP contribution in [0, 0.1) is 5.92 Å². The number of hydrogen-bond acceptors (Lipinski definition) is 7. The first-order valence-corrected chi connectivity index (χ1v) is 10.5. The minimum atomic E-state index is -0.0597. The van der Waals surface area contributed by atoms with Crippen LogP contribution in [0.3, 0.4) is 0 Å². The van der Waals surface area contributed by atoms with Crippen molar-refractivity contribution in [2.75, 3.05) is 37.5 Å². The Kier molecular flexibility index (Phi) is 5.73. The fourth-order valence-corrected chi connectivity index (χ4v) is 4.57. The van der Waals surface area contributed by atoms with E-state index in [1.54, 1.807) is 37.7 Å². The third-order valence-electron chi connectivity index (χ3n) is 5.07. The van der Waals surface area contributed by atoms with Gasteiger partial charge in [-0.1, -0.05) is 0 Å². The molecule has 1 amide bonds. The highest BCUT2D eigenvalue weighted by atomic mass is 35.5. The highest BCUT2D eigenvalue weighted by molar-refractivity contribution is 7.17. The van der Waals surface area contributed by atoms with Gasteiger partial charge < -0.3 is 19.7 Å². The highest BCUT2D eigenvalue weighted by Gasteiger charge is 2.27. The molecule has 0 bridgehead atoms. The number of ether oxygens (including phenoxy) is 2. The van der Waals surface area contributed by atoms with Crippen LogP contribution in [0.1, 0.15) is 12.8 Å². The van der Waals surface area contributed by atoms with Crippen molar-refractivity contribution >= 4 is 50.6 Å². The van der Waals surface area contributed by atoms with Crippen molar-refractivity contribution in [3.05, 3.63) is 34.9 Å². The molecule has 1 aromatic carbocycles. The Morgan fingerprint density at radius 3 is 2.66 bits per heavy atom. The molecule has 0 radical (unpaired) electrons.